The largest absolute Gasteiger partial charge is 0.246 e. The van der Waals surface area contributed by atoms with Crippen LogP contribution in [0.3, 0.4) is 0 Å². The predicted molar refractivity (Wildman–Crippen MR) is 68.5 cm³/mol. The summed E-state index contributed by atoms with van der Waals surface area (Å²) in [6.45, 7) is 2.13. The minimum Gasteiger partial charge on any atom is -0.207 e. The minimum absolute atomic E-state index is 0.172. The fourth-order valence-corrected chi connectivity index (χ4v) is 4.32. The molecule has 0 radical (unpaired) electrons. The molecule has 1 saturated heterocycles. The second-order valence-electron chi connectivity index (χ2n) is 4.58. The van der Waals surface area contributed by atoms with Crippen LogP contribution in [0, 0.1) is 11.6 Å². The smallest absolute Gasteiger partial charge is 0.207 e. The van der Waals surface area contributed by atoms with Gasteiger partial charge in [0.25, 0.3) is 0 Å². The van der Waals surface area contributed by atoms with Gasteiger partial charge in [-0.1, -0.05) is 0 Å². The van der Waals surface area contributed by atoms with E-state index in [1.807, 2.05) is 0 Å². The first-order valence-electron chi connectivity index (χ1n) is 5.94. The molecule has 1 aliphatic heterocycles. The van der Waals surface area contributed by atoms with Gasteiger partial charge in [0.05, 0.1) is 5.88 Å². The zero-order chi connectivity index (χ0) is 14.2. The number of nitrogens with zero attached hydrogens (tertiary/aromatic N) is 1. The first-order valence-corrected chi connectivity index (χ1v) is 7.91. The maximum Gasteiger partial charge on any atom is 0.246 e. The molecular formula is C12H14ClF2NO2S. The van der Waals surface area contributed by atoms with Crippen molar-refractivity contribution in [2.75, 3.05) is 6.54 Å². The second-order valence-corrected chi connectivity index (χ2v) is 6.70. The van der Waals surface area contributed by atoms with E-state index in [2.05, 4.69) is 0 Å². The lowest BCUT2D eigenvalue weighted by Gasteiger charge is -2.21. The van der Waals surface area contributed by atoms with E-state index < -0.39 is 38.0 Å². The number of rotatable bonds is 3. The Balaban J connectivity index is 2.52. The summed E-state index contributed by atoms with van der Waals surface area (Å²) in [7, 11) is -3.93. The van der Waals surface area contributed by atoms with Crippen molar-refractivity contribution < 1.29 is 17.2 Å². The minimum atomic E-state index is -3.93. The molecule has 0 aromatic heterocycles. The van der Waals surface area contributed by atoms with Gasteiger partial charge in [0, 0.05) is 18.2 Å². The van der Waals surface area contributed by atoms with Gasteiger partial charge in [-0.2, -0.15) is 4.31 Å². The molecule has 1 heterocycles. The molecule has 3 nitrogen and oxygen atoms in total. The van der Waals surface area contributed by atoms with Crippen molar-refractivity contribution in [2.24, 2.45) is 0 Å². The molecule has 1 unspecified atom stereocenters. The SMILES string of the molecule is CC1CCCN1S(=O)(=O)c1ccc(F)c(CCl)c1F. The highest BCUT2D eigenvalue weighted by atomic mass is 35.5. The summed E-state index contributed by atoms with van der Waals surface area (Å²) in [5.41, 5.74) is -0.408. The molecule has 1 atom stereocenters. The number of sulfonamides is 1. The van der Waals surface area contributed by atoms with E-state index in [0.29, 0.717) is 6.54 Å². The van der Waals surface area contributed by atoms with Crippen LogP contribution in [-0.4, -0.2) is 25.3 Å². The van der Waals surface area contributed by atoms with Gasteiger partial charge in [-0.25, -0.2) is 17.2 Å². The third-order valence-corrected chi connectivity index (χ3v) is 5.66. The normalized spacial score (nSPS) is 20.9. The fourth-order valence-electron chi connectivity index (χ4n) is 2.29. The van der Waals surface area contributed by atoms with Gasteiger partial charge < -0.3 is 0 Å². The van der Waals surface area contributed by atoms with Crippen LogP contribution in [0.5, 0.6) is 0 Å². The number of hydrogen-bond acceptors (Lipinski definition) is 2. The van der Waals surface area contributed by atoms with Crippen LogP contribution in [-0.2, 0) is 15.9 Å². The van der Waals surface area contributed by atoms with Crippen LogP contribution in [0.25, 0.3) is 0 Å². The zero-order valence-corrected chi connectivity index (χ0v) is 11.9. The summed E-state index contributed by atoms with van der Waals surface area (Å²) < 4.78 is 53.4. The van der Waals surface area contributed by atoms with Crippen molar-refractivity contribution in [3.63, 3.8) is 0 Å². The van der Waals surface area contributed by atoms with E-state index in [-0.39, 0.29) is 6.04 Å². The molecular weight excluding hydrogens is 296 g/mol. The third-order valence-electron chi connectivity index (χ3n) is 3.36. The van der Waals surface area contributed by atoms with Gasteiger partial charge in [0.1, 0.15) is 10.7 Å². The Bertz CT molecular complexity index is 592. The van der Waals surface area contributed by atoms with Crippen LogP contribution in [0.15, 0.2) is 17.0 Å². The molecule has 106 valence electrons. The summed E-state index contributed by atoms with van der Waals surface area (Å²) in [6, 6.07) is 1.73. The van der Waals surface area contributed by atoms with Crippen molar-refractivity contribution >= 4 is 21.6 Å². The molecule has 1 fully saturated rings. The molecule has 1 aromatic carbocycles. The highest BCUT2D eigenvalue weighted by molar-refractivity contribution is 7.89. The van der Waals surface area contributed by atoms with Crippen molar-refractivity contribution in [3.05, 3.63) is 29.3 Å². The quantitative estimate of drug-likeness (QED) is 0.805. The number of hydrogen-bond donors (Lipinski definition) is 0. The van der Waals surface area contributed by atoms with Gasteiger partial charge in [-0.05, 0) is 31.9 Å². The standard InChI is InChI=1S/C12H14ClF2NO2S/c1-8-3-2-6-16(8)19(17,18)11-5-4-10(14)9(7-13)12(11)15/h4-5,8H,2-3,6-7H2,1H3. The van der Waals surface area contributed by atoms with Crippen LogP contribution >= 0.6 is 11.6 Å². The molecule has 0 bridgehead atoms. The predicted octanol–water partition coefficient (Wildman–Crippen LogP) is 2.88. The lowest BCUT2D eigenvalue weighted by molar-refractivity contribution is 0.404. The van der Waals surface area contributed by atoms with Crippen LogP contribution in [0.1, 0.15) is 25.3 Å². The zero-order valence-electron chi connectivity index (χ0n) is 10.4. The number of halogens is 3. The molecule has 0 spiro atoms. The van der Waals surface area contributed by atoms with E-state index >= 15 is 0 Å². The van der Waals surface area contributed by atoms with Gasteiger partial charge in [0.2, 0.25) is 10.0 Å². The van der Waals surface area contributed by atoms with Crippen molar-refractivity contribution in [3.8, 4) is 0 Å². The average Bonchev–Trinajstić information content (AvgIpc) is 2.76. The van der Waals surface area contributed by atoms with Crippen molar-refractivity contribution in [1.29, 1.82) is 0 Å². The van der Waals surface area contributed by atoms with Gasteiger partial charge >= 0.3 is 0 Å². The van der Waals surface area contributed by atoms with E-state index in [9.17, 15) is 17.2 Å². The van der Waals surface area contributed by atoms with Gasteiger partial charge in [-0.15, -0.1) is 11.6 Å². The van der Waals surface area contributed by atoms with Crippen molar-refractivity contribution in [2.45, 2.75) is 36.6 Å². The maximum atomic E-state index is 14.1. The third kappa shape index (κ3) is 2.49. The molecule has 2 rings (SSSR count). The highest BCUT2D eigenvalue weighted by Crippen LogP contribution is 2.29. The van der Waals surface area contributed by atoms with E-state index in [1.165, 1.54) is 4.31 Å². The van der Waals surface area contributed by atoms with Crippen LogP contribution in [0.2, 0.25) is 0 Å². The maximum absolute atomic E-state index is 14.1. The summed E-state index contributed by atoms with van der Waals surface area (Å²) in [6.07, 6.45) is 1.48. The monoisotopic (exact) mass is 309 g/mol. The first-order chi connectivity index (χ1) is 8.89. The Hall–Kier alpha value is -0.720. The lowest BCUT2D eigenvalue weighted by Crippen LogP contribution is -2.34. The summed E-state index contributed by atoms with van der Waals surface area (Å²) in [4.78, 5) is -0.502. The Morgan fingerprint density at radius 2 is 2.11 bits per heavy atom. The molecule has 7 heteroatoms. The summed E-state index contributed by atoms with van der Waals surface area (Å²) in [5.74, 6) is -2.33. The Morgan fingerprint density at radius 3 is 2.63 bits per heavy atom. The first kappa shape index (κ1) is 14.7. The fraction of sp³-hybridized carbons (Fsp3) is 0.500. The van der Waals surface area contributed by atoms with Crippen LogP contribution < -0.4 is 0 Å². The van der Waals surface area contributed by atoms with E-state index in [4.69, 9.17) is 11.6 Å². The van der Waals surface area contributed by atoms with E-state index in [1.54, 1.807) is 6.92 Å². The van der Waals surface area contributed by atoms with Crippen molar-refractivity contribution in [1.82, 2.24) is 4.31 Å². The van der Waals surface area contributed by atoms with E-state index in [0.717, 1.165) is 25.0 Å². The molecule has 1 aliphatic rings. The highest BCUT2D eigenvalue weighted by Gasteiger charge is 2.35. The molecule has 19 heavy (non-hydrogen) atoms. The molecule has 0 amide bonds. The molecule has 0 N–H and O–H groups in total. The average molecular weight is 310 g/mol. The van der Waals surface area contributed by atoms with Crippen LogP contribution in [0.4, 0.5) is 8.78 Å². The van der Waals surface area contributed by atoms with Gasteiger partial charge in [0.15, 0.2) is 5.82 Å². The van der Waals surface area contributed by atoms with Gasteiger partial charge in [-0.3, -0.25) is 0 Å². The Labute approximate surface area is 116 Å². The lowest BCUT2D eigenvalue weighted by atomic mass is 10.2. The number of alkyl halides is 1. The Morgan fingerprint density at radius 1 is 1.42 bits per heavy atom. The summed E-state index contributed by atoms with van der Waals surface area (Å²) >= 11 is 5.46. The second kappa shape index (κ2) is 5.34. The topological polar surface area (TPSA) is 37.4 Å². The molecule has 0 aliphatic carbocycles. The number of benzene rings is 1. The molecule has 1 aromatic rings. The molecule has 0 saturated carbocycles. The Kier molecular flexibility index (Phi) is 4.13. The summed E-state index contributed by atoms with van der Waals surface area (Å²) in [5, 5.41) is 0.